The molecule has 2 aliphatic heterocycles. The van der Waals surface area contributed by atoms with Crippen LogP contribution in [0.3, 0.4) is 0 Å². The van der Waals surface area contributed by atoms with E-state index in [1.807, 2.05) is 0 Å². The van der Waals surface area contributed by atoms with Crippen LogP contribution in [0, 0.1) is 10.1 Å². The number of piperidine rings is 1. The van der Waals surface area contributed by atoms with Crippen LogP contribution in [0.1, 0.15) is 43.9 Å². The number of nitrogens with one attached hydrogen (secondary N) is 2. The summed E-state index contributed by atoms with van der Waals surface area (Å²) < 4.78 is 0. The van der Waals surface area contributed by atoms with Gasteiger partial charge < -0.3 is 5.32 Å². The number of nitro groups is 1. The summed E-state index contributed by atoms with van der Waals surface area (Å²) in [6, 6.07) is 8.16. The molecule has 2 aromatic rings. The maximum absolute atomic E-state index is 13.0. The van der Waals surface area contributed by atoms with E-state index in [4.69, 9.17) is 0 Å². The molecule has 156 valence electrons. The topological polar surface area (TPSA) is 156 Å². The molecule has 1 fully saturated rings. The third-order valence-corrected chi connectivity index (χ3v) is 5.04. The lowest BCUT2D eigenvalue weighted by molar-refractivity contribution is -0.384. The number of carbonyl (C=O) groups excluding carboxylic acids is 5. The molecular formula is C20H14N4O7. The number of imide groups is 2. The molecule has 4 rings (SSSR count). The van der Waals surface area contributed by atoms with Crippen molar-refractivity contribution in [2.24, 2.45) is 0 Å². The molecule has 0 aromatic heterocycles. The maximum atomic E-state index is 13.0. The SMILES string of the molecule is O=C1CCC(N2C(=O)c3cccc(NC(=O)c4cccc([N+](=O)[O-])c4)c3C2=O)C(=O)N1. The van der Waals surface area contributed by atoms with Gasteiger partial charge in [-0.05, 0) is 24.6 Å². The zero-order valence-electron chi connectivity index (χ0n) is 15.8. The molecule has 1 atom stereocenters. The zero-order chi connectivity index (χ0) is 22.3. The van der Waals surface area contributed by atoms with E-state index in [1.54, 1.807) is 0 Å². The second kappa shape index (κ2) is 7.44. The molecule has 1 unspecified atom stereocenters. The Hall–Kier alpha value is -4.41. The van der Waals surface area contributed by atoms with Crippen LogP contribution in [-0.2, 0) is 9.59 Å². The summed E-state index contributed by atoms with van der Waals surface area (Å²) in [5, 5.41) is 15.5. The Morgan fingerprint density at radius 2 is 1.84 bits per heavy atom. The molecule has 1 saturated heterocycles. The van der Waals surface area contributed by atoms with E-state index in [0.29, 0.717) is 0 Å². The maximum Gasteiger partial charge on any atom is 0.270 e. The van der Waals surface area contributed by atoms with Crippen LogP contribution in [0.5, 0.6) is 0 Å². The van der Waals surface area contributed by atoms with E-state index in [1.165, 1.54) is 36.4 Å². The Morgan fingerprint density at radius 1 is 1.10 bits per heavy atom. The highest BCUT2D eigenvalue weighted by atomic mass is 16.6. The molecule has 11 nitrogen and oxygen atoms in total. The van der Waals surface area contributed by atoms with E-state index < -0.39 is 40.5 Å². The number of non-ortho nitro benzene ring substituents is 1. The largest absolute Gasteiger partial charge is 0.321 e. The molecule has 0 bridgehead atoms. The third kappa shape index (κ3) is 3.41. The molecule has 0 saturated carbocycles. The minimum absolute atomic E-state index is 0.00547. The molecule has 2 aliphatic rings. The first-order valence-corrected chi connectivity index (χ1v) is 9.18. The second-order valence-corrected chi connectivity index (χ2v) is 6.94. The first kappa shape index (κ1) is 19.9. The van der Waals surface area contributed by atoms with Crippen molar-refractivity contribution in [3.8, 4) is 0 Å². The Morgan fingerprint density at radius 3 is 2.55 bits per heavy atom. The van der Waals surface area contributed by atoms with Crippen molar-refractivity contribution in [2.75, 3.05) is 5.32 Å². The number of hydrogen-bond acceptors (Lipinski definition) is 7. The number of nitrogens with zero attached hydrogens (tertiary/aromatic N) is 2. The highest BCUT2D eigenvalue weighted by Crippen LogP contribution is 2.32. The Bertz CT molecular complexity index is 1190. The van der Waals surface area contributed by atoms with Gasteiger partial charge in [0.15, 0.2) is 0 Å². The smallest absolute Gasteiger partial charge is 0.270 e. The lowest BCUT2D eigenvalue weighted by atomic mass is 10.0. The van der Waals surface area contributed by atoms with E-state index >= 15 is 0 Å². The van der Waals surface area contributed by atoms with Crippen molar-refractivity contribution in [2.45, 2.75) is 18.9 Å². The van der Waals surface area contributed by atoms with Gasteiger partial charge >= 0.3 is 0 Å². The number of amides is 5. The predicted octanol–water partition coefficient (Wildman–Crippen LogP) is 1.25. The Balaban J connectivity index is 1.64. The molecule has 0 aliphatic carbocycles. The van der Waals surface area contributed by atoms with Crippen molar-refractivity contribution >= 4 is 40.9 Å². The van der Waals surface area contributed by atoms with Crippen LogP contribution in [0.15, 0.2) is 42.5 Å². The number of carbonyl (C=O) groups is 5. The van der Waals surface area contributed by atoms with Gasteiger partial charge in [-0.25, -0.2) is 0 Å². The van der Waals surface area contributed by atoms with Crippen LogP contribution in [0.2, 0.25) is 0 Å². The van der Waals surface area contributed by atoms with Gasteiger partial charge in [0.25, 0.3) is 23.4 Å². The minimum Gasteiger partial charge on any atom is -0.321 e. The summed E-state index contributed by atoms with van der Waals surface area (Å²) in [5.41, 5.74) is -0.337. The van der Waals surface area contributed by atoms with Gasteiger partial charge in [0.1, 0.15) is 6.04 Å². The summed E-state index contributed by atoms with van der Waals surface area (Å²) >= 11 is 0. The van der Waals surface area contributed by atoms with Crippen LogP contribution >= 0.6 is 0 Å². The summed E-state index contributed by atoms with van der Waals surface area (Å²) in [7, 11) is 0. The third-order valence-electron chi connectivity index (χ3n) is 5.04. The fourth-order valence-corrected chi connectivity index (χ4v) is 3.57. The van der Waals surface area contributed by atoms with Gasteiger partial charge in [0.2, 0.25) is 11.8 Å². The normalized spacial score (nSPS) is 17.9. The van der Waals surface area contributed by atoms with Gasteiger partial charge in [-0.1, -0.05) is 12.1 Å². The monoisotopic (exact) mass is 422 g/mol. The van der Waals surface area contributed by atoms with E-state index in [0.717, 1.165) is 11.0 Å². The first-order chi connectivity index (χ1) is 14.8. The highest BCUT2D eigenvalue weighted by Gasteiger charge is 2.45. The minimum atomic E-state index is -1.13. The van der Waals surface area contributed by atoms with Crippen molar-refractivity contribution < 1.29 is 28.9 Å². The number of benzene rings is 2. The van der Waals surface area contributed by atoms with Gasteiger partial charge in [0.05, 0.1) is 21.7 Å². The van der Waals surface area contributed by atoms with Crippen LogP contribution in [0.25, 0.3) is 0 Å². The molecular weight excluding hydrogens is 408 g/mol. The van der Waals surface area contributed by atoms with Crippen molar-refractivity contribution in [3.63, 3.8) is 0 Å². The molecule has 5 amide bonds. The van der Waals surface area contributed by atoms with Crippen molar-refractivity contribution in [3.05, 3.63) is 69.3 Å². The number of nitro benzene ring substituents is 1. The standard InChI is InChI=1S/C20H14N4O7/c25-15-8-7-14(18(27)22-15)23-19(28)12-5-2-6-13(16(12)20(23)29)21-17(26)10-3-1-4-11(9-10)24(30)31/h1-6,9,14H,7-8H2,(H,21,26)(H,22,25,27). The number of rotatable bonds is 4. The molecule has 2 N–H and O–H groups in total. The van der Waals surface area contributed by atoms with Crippen molar-refractivity contribution in [1.29, 1.82) is 0 Å². The number of anilines is 1. The lowest BCUT2D eigenvalue weighted by Crippen LogP contribution is -2.54. The Kier molecular flexibility index (Phi) is 4.78. The van der Waals surface area contributed by atoms with Gasteiger partial charge in [-0.15, -0.1) is 0 Å². The summed E-state index contributed by atoms with van der Waals surface area (Å²) in [6.07, 6.45) is -0.00823. The van der Waals surface area contributed by atoms with E-state index in [9.17, 15) is 34.1 Å². The highest BCUT2D eigenvalue weighted by molar-refractivity contribution is 6.26. The fraction of sp³-hybridized carbons (Fsp3) is 0.150. The van der Waals surface area contributed by atoms with Crippen LogP contribution < -0.4 is 10.6 Å². The zero-order valence-corrected chi connectivity index (χ0v) is 15.8. The Labute approximate surface area is 174 Å². The molecule has 2 heterocycles. The van der Waals surface area contributed by atoms with Gasteiger partial charge in [-0.3, -0.25) is 44.3 Å². The summed E-state index contributed by atoms with van der Waals surface area (Å²) in [6.45, 7) is 0. The lowest BCUT2D eigenvalue weighted by Gasteiger charge is -2.27. The fourth-order valence-electron chi connectivity index (χ4n) is 3.57. The van der Waals surface area contributed by atoms with Crippen molar-refractivity contribution in [1.82, 2.24) is 10.2 Å². The van der Waals surface area contributed by atoms with E-state index in [-0.39, 0.29) is 40.9 Å². The summed E-state index contributed by atoms with van der Waals surface area (Å²) in [5.74, 6) is -3.42. The van der Waals surface area contributed by atoms with Gasteiger partial charge in [-0.2, -0.15) is 0 Å². The second-order valence-electron chi connectivity index (χ2n) is 6.94. The predicted molar refractivity (Wildman–Crippen MR) is 104 cm³/mol. The average molecular weight is 422 g/mol. The number of hydrogen-bond donors (Lipinski definition) is 2. The molecule has 0 radical (unpaired) electrons. The van der Waals surface area contributed by atoms with Crippen LogP contribution in [-0.4, -0.2) is 45.4 Å². The molecule has 0 spiro atoms. The quantitative estimate of drug-likeness (QED) is 0.427. The first-order valence-electron chi connectivity index (χ1n) is 9.18. The molecule has 31 heavy (non-hydrogen) atoms. The van der Waals surface area contributed by atoms with E-state index in [2.05, 4.69) is 10.6 Å². The van der Waals surface area contributed by atoms with Crippen LogP contribution in [0.4, 0.5) is 11.4 Å². The molecule has 11 heteroatoms. The average Bonchev–Trinajstić information content (AvgIpc) is 2.99. The number of fused-ring (bicyclic) bond motifs is 1. The summed E-state index contributed by atoms with van der Waals surface area (Å²) in [4.78, 5) is 73.1. The van der Waals surface area contributed by atoms with Gasteiger partial charge in [0, 0.05) is 24.1 Å². The molecule has 2 aromatic carbocycles.